The second-order valence-corrected chi connectivity index (χ2v) is 5.87. The first-order valence-electron chi connectivity index (χ1n) is 8.20. The summed E-state index contributed by atoms with van der Waals surface area (Å²) < 4.78 is 11.2. The number of carbonyl (C=O) groups is 2. The van der Waals surface area contributed by atoms with Crippen molar-refractivity contribution in [1.82, 2.24) is 10.6 Å². The van der Waals surface area contributed by atoms with E-state index in [1.54, 1.807) is 0 Å². The molecule has 26 heavy (non-hydrogen) atoms. The van der Waals surface area contributed by atoms with E-state index >= 15 is 0 Å². The van der Waals surface area contributed by atoms with Gasteiger partial charge in [0.15, 0.2) is 0 Å². The van der Waals surface area contributed by atoms with Crippen molar-refractivity contribution in [2.24, 2.45) is 0 Å². The molecule has 130 valence electrons. The molecule has 2 heterocycles. The molecule has 0 saturated carbocycles. The fourth-order valence-corrected chi connectivity index (χ4v) is 2.74. The van der Waals surface area contributed by atoms with E-state index in [-0.39, 0.29) is 13.1 Å². The molecule has 6 heteroatoms. The van der Waals surface area contributed by atoms with Crippen LogP contribution in [-0.4, -0.2) is 11.8 Å². The van der Waals surface area contributed by atoms with Gasteiger partial charge in [-0.05, 0) is 24.3 Å². The molecule has 2 aromatic heterocycles. The predicted molar refractivity (Wildman–Crippen MR) is 96.1 cm³/mol. The van der Waals surface area contributed by atoms with Gasteiger partial charge >= 0.3 is 11.8 Å². The van der Waals surface area contributed by atoms with Gasteiger partial charge in [0.2, 0.25) is 0 Å². The van der Waals surface area contributed by atoms with Crippen LogP contribution in [0.5, 0.6) is 0 Å². The average Bonchev–Trinajstić information content (AvgIpc) is 3.27. The quantitative estimate of drug-likeness (QED) is 0.555. The summed E-state index contributed by atoms with van der Waals surface area (Å²) >= 11 is 0. The molecule has 0 fully saturated rings. The van der Waals surface area contributed by atoms with Gasteiger partial charge in [-0.25, -0.2) is 0 Å². The zero-order valence-corrected chi connectivity index (χ0v) is 13.8. The topological polar surface area (TPSA) is 84.5 Å². The highest BCUT2D eigenvalue weighted by atomic mass is 16.3. The zero-order valence-electron chi connectivity index (χ0n) is 13.8. The molecular weight excluding hydrogens is 332 g/mol. The van der Waals surface area contributed by atoms with Crippen LogP contribution in [0.4, 0.5) is 0 Å². The van der Waals surface area contributed by atoms with Crippen molar-refractivity contribution in [3.05, 3.63) is 72.2 Å². The lowest BCUT2D eigenvalue weighted by molar-refractivity contribution is -0.139. The summed E-state index contributed by atoms with van der Waals surface area (Å²) in [5.41, 5.74) is 1.48. The summed E-state index contributed by atoms with van der Waals surface area (Å²) in [5.74, 6) is -0.266. The van der Waals surface area contributed by atoms with Crippen LogP contribution in [0, 0.1) is 0 Å². The molecule has 0 radical (unpaired) electrons. The number of benzene rings is 2. The van der Waals surface area contributed by atoms with E-state index in [2.05, 4.69) is 10.6 Å². The van der Waals surface area contributed by atoms with E-state index in [9.17, 15) is 9.59 Å². The lowest BCUT2D eigenvalue weighted by atomic mass is 10.2. The Morgan fingerprint density at radius 1 is 0.692 bits per heavy atom. The average molecular weight is 348 g/mol. The van der Waals surface area contributed by atoms with Crippen LogP contribution < -0.4 is 10.6 Å². The van der Waals surface area contributed by atoms with E-state index in [0.717, 1.165) is 21.9 Å². The minimum absolute atomic E-state index is 0.144. The Labute approximate surface area is 148 Å². The zero-order chi connectivity index (χ0) is 17.9. The highest BCUT2D eigenvalue weighted by molar-refractivity contribution is 6.35. The second kappa shape index (κ2) is 6.76. The van der Waals surface area contributed by atoms with E-state index < -0.39 is 11.8 Å². The Morgan fingerprint density at radius 2 is 1.12 bits per heavy atom. The van der Waals surface area contributed by atoms with Crippen LogP contribution in [0.2, 0.25) is 0 Å². The molecular formula is C20H16N2O4. The van der Waals surface area contributed by atoms with Gasteiger partial charge in [-0.15, -0.1) is 0 Å². The van der Waals surface area contributed by atoms with E-state index in [1.807, 2.05) is 60.7 Å². The normalized spacial score (nSPS) is 10.9. The van der Waals surface area contributed by atoms with E-state index in [1.165, 1.54) is 0 Å². The molecule has 6 nitrogen and oxygen atoms in total. The number of para-hydroxylation sites is 2. The van der Waals surface area contributed by atoms with Crippen LogP contribution in [-0.2, 0) is 22.7 Å². The molecule has 0 aliphatic rings. The highest BCUT2D eigenvalue weighted by Crippen LogP contribution is 2.19. The van der Waals surface area contributed by atoms with Gasteiger partial charge in [0.1, 0.15) is 22.7 Å². The first-order chi connectivity index (χ1) is 12.7. The van der Waals surface area contributed by atoms with Crippen LogP contribution in [0.15, 0.2) is 69.5 Å². The SMILES string of the molecule is O=C(NCc1cc2ccccc2o1)C(=O)NCc1cc2ccccc2o1. The lowest BCUT2D eigenvalue weighted by Gasteiger charge is -2.03. The van der Waals surface area contributed by atoms with Gasteiger partial charge in [-0.1, -0.05) is 36.4 Å². The van der Waals surface area contributed by atoms with Crippen molar-refractivity contribution in [2.45, 2.75) is 13.1 Å². The van der Waals surface area contributed by atoms with Crippen molar-refractivity contribution >= 4 is 33.8 Å². The predicted octanol–water partition coefficient (Wildman–Crippen LogP) is 3.11. The molecule has 0 saturated heterocycles. The van der Waals surface area contributed by atoms with E-state index in [4.69, 9.17) is 8.83 Å². The number of nitrogens with one attached hydrogen (secondary N) is 2. The number of rotatable bonds is 4. The highest BCUT2D eigenvalue weighted by Gasteiger charge is 2.15. The largest absolute Gasteiger partial charge is 0.459 e. The number of hydrogen-bond acceptors (Lipinski definition) is 4. The van der Waals surface area contributed by atoms with Crippen molar-refractivity contribution < 1.29 is 18.4 Å². The Balaban J connectivity index is 1.31. The maximum absolute atomic E-state index is 11.9. The van der Waals surface area contributed by atoms with Gasteiger partial charge in [-0.3, -0.25) is 9.59 Å². The number of furan rings is 2. The Bertz CT molecular complexity index is 939. The van der Waals surface area contributed by atoms with Crippen LogP contribution in [0.25, 0.3) is 21.9 Å². The first-order valence-corrected chi connectivity index (χ1v) is 8.20. The maximum atomic E-state index is 11.9. The number of amides is 2. The Kier molecular flexibility index (Phi) is 4.15. The number of hydrogen-bond donors (Lipinski definition) is 2. The van der Waals surface area contributed by atoms with Gasteiger partial charge in [0.25, 0.3) is 0 Å². The van der Waals surface area contributed by atoms with Crippen LogP contribution in [0.3, 0.4) is 0 Å². The fraction of sp³-hybridized carbons (Fsp3) is 0.100. The molecule has 2 aromatic carbocycles. The molecule has 2 amide bonds. The Morgan fingerprint density at radius 3 is 1.54 bits per heavy atom. The minimum atomic E-state index is -0.721. The summed E-state index contributed by atoms with van der Waals surface area (Å²) in [6, 6.07) is 18.8. The van der Waals surface area contributed by atoms with Gasteiger partial charge in [0, 0.05) is 10.8 Å². The van der Waals surface area contributed by atoms with E-state index in [0.29, 0.717) is 11.5 Å². The molecule has 0 unspecified atom stereocenters. The smallest absolute Gasteiger partial charge is 0.309 e. The third-order valence-corrected chi connectivity index (χ3v) is 4.01. The molecule has 4 rings (SSSR count). The molecule has 0 spiro atoms. The number of fused-ring (bicyclic) bond motifs is 2. The summed E-state index contributed by atoms with van der Waals surface area (Å²) in [5, 5.41) is 6.99. The molecule has 2 N–H and O–H groups in total. The van der Waals surface area contributed by atoms with Gasteiger partial charge in [-0.2, -0.15) is 0 Å². The lowest BCUT2D eigenvalue weighted by Crippen LogP contribution is -2.39. The molecule has 4 aromatic rings. The van der Waals surface area contributed by atoms with Crippen molar-refractivity contribution in [1.29, 1.82) is 0 Å². The molecule has 0 atom stereocenters. The third kappa shape index (κ3) is 3.30. The molecule has 0 aliphatic heterocycles. The Hall–Kier alpha value is -3.54. The van der Waals surface area contributed by atoms with Crippen molar-refractivity contribution in [2.75, 3.05) is 0 Å². The van der Waals surface area contributed by atoms with Crippen LogP contribution in [0.1, 0.15) is 11.5 Å². The second-order valence-electron chi connectivity index (χ2n) is 5.87. The monoisotopic (exact) mass is 348 g/mol. The first kappa shape index (κ1) is 16.0. The standard InChI is InChI=1S/C20H16N2O4/c23-19(21-11-15-9-13-5-1-3-7-17(13)25-15)20(24)22-12-16-10-14-6-2-4-8-18(14)26-16/h1-10H,11-12H2,(H,21,23)(H,22,24). The summed E-state index contributed by atoms with van der Waals surface area (Å²) in [4.78, 5) is 23.9. The maximum Gasteiger partial charge on any atom is 0.309 e. The number of carbonyl (C=O) groups excluding carboxylic acids is 2. The van der Waals surface area contributed by atoms with Gasteiger partial charge < -0.3 is 19.5 Å². The molecule has 0 aliphatic carbocycles. The van der Waals surface area contributed by atoms with Crippen LogP contribution >= 0.6 is 0 Å². The van der Waals surface area contributed by atoms with Crippen molar-refractivity contribution in [3.63, 3.8) is 0 Å². The van der Waals surface area contributed by atoms with Crippen molar-refractivity contribution in [3.8, 4) is 0 Å². The third-order valence-electron chi connectivity index (χ3n) is 4.01. The minimum Gasteiger partial charge on any atom is -0.459 e. The fourth-order valence-electron chi connectivity index (χ4n) is 2.74. The van der Waals surface area contributed by atoms with Gasteiger partial charge in [0.05, 0.1) is 13.1 Å². The summed E-state index contributed by atoms with van der Waals surface area (Å²) in [6.45, 7) is 0.289. The summed E-state index contributed by atoms with van der Waals surface area (Å²) in [7, 11) is 0. The summed E-state index contributed by atoms with van der Waals surface area (Å²) in [6.07, 6.45) is 0. The molecule has 0 bridgehead atoms.